The molecule has 0 aromatic carbocycles. The van der Waals surface area contributed by atoms with Crippen molar-refractivity contribution >= 4 is 0 Å². The van der Waals surface area contributed by atoms with Crippen molar-refractivity contribution < 1.29 is 40.7 Å². The molecule has 0 aromatic rings. The molecule has 0 bridgehead atoms. The number of rotatable bonds is 4. The molecule has 0 heterocycles. The molecule has 0 aliphatic heterocycles. The van der Waals surface area contributed by atoms with Gasteiger partial charge in [-0.25, -0.2) is 0 Å². The molecule has 0 aliphatic rings. The van der Waals surface area contributed by atoms with Crippen molar-refractivity contribution in [3.8, 4) is 0 Å². The molecular formula is C4H10O5Ti. The summed E-state index contributed by atoms with van der Waals surface area (Å²) in [6.45, 7) is 0.696. The Bertz CT molecular complexity index is 75.7. The van der Waals surface area contributed by atoms with Gasteiger partial charge in [-0.2, -0.15) is 0 Å². The van der Waals surface area contributed by atoms with Gasteiger partial charge in [-0.15, -0.1) is 0 Å². The molecule has 5 nitrogen and oxygen atoms in total. The van der Waals surface area contributed by atoms with Crippen LogP contribution in [0.5, 0.6) is 0 Å². The standard InChI is InChI=1S/C4H10O3.2O.Ti/c5-1-3-7-4-2-6;;;/h5-6H,1-4H2;;;. The van der Waals surface area contributed by atoms with Crippen LogP contribution in [0.25, 0.3) is 0 Å². The average molecular weight is 186 g/mol. The van der Waals surface area contributed by atoms with E-state index in [1.54, 1.807) is 0 Å². The second-order valence-corrected chi connectivity index (χ2v) is 1.40. The van der Waals surface area contributed by atoms with Gasteiger partial charge in [0.2, 0.25) is 0 Å². The van der Waals surface area contributed by atoms with Crippen molar-refractivity contribution in [2.24, 2.45) is 0 Å². The Morgan fingerprint density at radius 3 is 1.60 bits per heavy atom. The van der Waals surface area contributed by atoms with E-state index in [-0.39, 0.29) is 13.2 Å². The zero-order valence-corrected chi connectivity index (χ0v) is 7.01. The van der Waals surface area contributed by atoms with Gasteiger partial charge in [0.15, 0.2) is 0 Å². The molecule has 0 fully saturated rings. The number of hydrogen-bond donors (Lipinski definition) is 2. The Morgan fingerprint density at radius 1 is 1.10 bits per heavy atom. The van der Waals surface area contributed by atoms with Gasteiger partial charge in [-0.05, 0) is 0 Å². The van der Waals surface area contributed by atoms with E-state index < -0.39 is 19.1 Å². The number of aliphatic hydroxyl groups excluding tert-OH is 2. The van der Waals surface area contributed by atoms with Gasteiger partial charge in [0.1, 0.15) is 0 Å². The summed E-state index contributed by atoms with van der Waals surface area (Å²) in [5, 5.41) is 16.2. The fourth-order valence-electron chi connectivity index (χ4n) is 0.231. The maximum atomic E-state index is 8.50. The Morgan fingerprint density at radius 2 is 1.40 bits per heavy atom. The molecule has 0 saturated carbocycles. The van der Waals surface area contributed by atoms with Crippen molar-refractivity contribution in [2.75, 3.05) is 26.4 Å². The van der Waals surface area contributed by atoms with Crippen LogP contribution in [0.3, 0.4) is 0 Å². The minimum atomic E-state index is -2.00. The summed E-state index contributed by atoms with van der Waals surface area (Å²) < 4.78 is 21.6. The van der Waals surface area contributed by atoms with Crippen molar-refractivity contribution in [1.82, 2.24) is 0 Å². The SMILES string of the molecule is OCCOCCO.[O]=[Ti]=[O]. The molecule has 0 amide bonds. The summed E-state index contributed by atoms with van der Waals surface area (Å²) in [5.74, 6) is 0. The Balaban J connectivity index is 0. The van der Waals surface area contributed by atoms with Crippen LogP contribution < -0.4 is 0 Å². The van der Waals surface area contributed by atoms with Gasteiger partial charge in [-0.3, -0.25) is 0 Å². The van der Waals surface area contributed by atoms with Crippen molar-refractivity contribution in [3.63, 3.8) is 0 Å². The molecule has 0 rings (SSSR count). The molecule has 0 saturated heterocycles. The molecular weight excluding hydrogens is 176 g/mol. The first-order chi connectivity index (χ1) is 4.83. The quantitative estimate of drug-likeness (QED) is 0.423. The average Bonchev–Trinajstić information content (AvgIpc) is 1.91. The van der Waals surface area contributed by atoms with E-state index >= 15 is 0 Å². The third-order valence-corrected chi connectivity index (χ3v) is 0.471. The monoisotopic (exact) mass is 186 g/mol. The van der Waals surface area contributed by atoms with E-state index in [4.69, 9.17) is 16.9 Å². The normalized spacial score (nSPS) is 7.40. The van der Waals surface area contributed by atoms with Gasteiger partial charge in [-0.1, -0.05) is 0 Å². The van der Waals surface area contributed by atoms with Crippen LogP contribution in [0.4, 0.5) is 0 Å². The summed E-state index contributed by atoms with van der Waals surface area (Å²) in [4.78, 5) is 0. The second-order valence-electron chi connectivity index (χ2n) is 1.14. The van der Waals surface area contributed by atoms with E-state index in [9.17, 15) is 0 Å². The predicted octanol–water partition coefficient (Wildman–Crippen LogP) is -1.25. The topological polar surface area (TPSA) is 83.8 Å². The van der Waals surface area contributed by atoms with Crippen LogP contribution in [-0.4, -0.2) is 36.6 Å². The van der Waals surface area contributed by atoms with E-state index in [1.807, 2.05) is 0 Å². The molecule has 60 valence electrons. The summed E-state index contributed by atoms with van der Waals surface area (Å²) in [6.07, 6.45) is 0. The number of aliphatic hydroxyl groups is 2. The van der Waals surface area contributed by atoms with Crippen LogP contribution in [-0.2, 0) is 30.5 Å². The summed E-state index contributed by atoms with van der Waals surface area (Å²) in [6, 6.07) is 0. The van der Waals surface area contributed by atoms with Crippen LogP contribution in [0.2, 0.25) is 0 Å². The Labute approximate surface area is 67.6 Å². The fourth-order valence-corrected chi connectivity index (χ4v) is 0.231. The van der Waals surface area contributed by atoms with Crippen LogP contribution in [0.1, 0.15) is 0 Å². The third-order valence-electron chi connectivity index (χ3n) is 0.471. The zero-order valence-electron chi connectivity index (χ0n) is 5.45. The number of hydrogen-bond acceptors (Lipinski definition) is 5. The van der Waals surface area contributed by atoms with E-state index in [0.717, 1.165) is 0 Å². The Kier molecular flexibility index (Phi) is 20.7. The molecule has 0 unspecified atom stereocenters. The zero-order chi connectivity index (χ0) is 8.24. The van der Waals surface area contributed by atoms with E-state index in [2.05, 4.69) is 4.74 Å². The number of ether oxygens (including phenoxy) is 1. The van der Waals surface area contributed by atoms with Gasteiger partial charge < -0.3 is 14.9 Å². The molecule has 0 aliphatic carbocycles. The summed E-state index contributed by atoms with van der Waals surface area (Å²) in [5.41, 5.74) is 0. The predicted molar refractivity (Wildman–Crippen MR) is 26.4 cm³/mol. The second kappa shape index (κ2) is 16.1. The Hall–Kier alpha value is 0.194. The van der Waals surface area contributed by atoms with Crippen LogP contribution in [0, 0.1) is 0 Å². The molecule has 0 atom stereocenters. The first-order valence-electron chi connectivity index (χ1n) is 2.62. The molecule has 10 heavy (non-hydrogen) atoms. The molecule has 0 spiro atoms. The molecule has 0 aromatic heterocycles. The molecule has 6 heteroatoms. The van der Waals surface area contributed by atoms with Crippen molar-refractivity contribution in [3.05, 3.63) is 0 Å². The fraction of sp³-hybridized carbons (Fsp3) is 1.00. The molecule has 2 N–H and O–H groups in total. The summed E-state index contributed by atoms with van der Waals surface area (Å²) in [7, 11) is 0. The van der Waals surface area contributed by atoms with E-state index in [1.165, 1.54) is 0 Å². The third kappa shape index (κ3) is 24.1. The van der Waals surface area contributed by atoms with Gasteiger partial charge >= 0.3 is 25.7 Å². The van der Waals surface area contributed by atoms with Crippen molar-refractivity contribution in [1.29, 1.82) is 0 Å². The van der Waals surface area contributed by atoms with Gasteiger partial charge in [0.25, 0.3) is 0 Å². The van der Waals surface area contributed by atoms with Crippen LogP contribution >= 0.6 is 0 Å². The van der Waals surface area contributed by atoms with Crippen LogP contribution in [0.15, 0.2) is 0 Å². The molecule has 0 radical (unpaired) electrons. The summed E-state index contributed by atoms with van der Waals surface area (Å²) >= 11 is -2.00. The maximum absolute atomic E-state index is 8.50. The first kappa shape index (κ1) is 12.8. The van der Waals surface area contributed by atoms with Gasteiger partial charge in [0.05, 0.1) is 26.4 Å². The van der Waals surface area contributed by atoms with Crippen molar-refractivity contribution in [2.45, 2.75) is 0 Å². The van der Waals surface area contributed by atoms with E-state index in [0.29, 0.717) is 13.2 Å². The first-order valence-corrected chi connectivity index (χ1v) is 3.89. The van der Waals surface area contributed by atoms with Gasteiger partial charge in [0, 0.05) is 0 Å². The minimum absolute atomic E-state index is 0.0278.